The molecule has 4 unspecified atom stereocenters. The molecule has 0 aromatic rings. The van der Waals surface area contributed by atoms with Crippen LogP contribution in [0.15, 0.2) is 0 Å². The van der Waals surface area contributed by atoms with E-state index >= 15 is 0 Å². The van der Waals surface area contributed by atoms with Crippen LogP contribution >= 0.6 is 0 Å². The molecular formula is C19H42N2O5S2. The third-order valence-electron chi connectivity index (χ3n) is 6.12. The molecule has 0 aliphatic heterocycles. The molecule has 0 aromatic carbocycles. The van der Waals surface area contributed by atoms with Crippen LogP contribution in [-0.2, 0) is 24.8 Å². The molecule has 0 aromatic heterocycles. The molecule has 0 aliphatic carbocycles. The van der Waals surface area contributed by atoms with Crippen molar-refractivity contribution in [3.05, 3.63) is 0 Å². The number of rotatable bonds is 14. The van der Waals surface area contributed by atoms with Crippen molar-refractivity contribution in [2.45, 2.75) is 116 Å². The minimum Gasteiger partial charge on any atom is -0.373 e. The lowest BCUT2D eigenvalue weighted by Crippen LogP contribution is -2.55. The van der Waals surface area contributed by atoms with Crippen molar-refractivity contribution in [2.24, 2.45) is 15.7 Å². The van der Waals surface area contributed by atoms with Crippen LogP contribution in [0, 0.1) is 5.41 Å². The number of nitrogens with two attached hydrogens (primary N) is 2. The predicted octanol–water partition coefficient (Wildman–Crippen LogP) is 3.28. The lowest BCUT2D eigenvalue weighted by molar-refractivity contribution is -0.0986. The van der Waals surface area contributed by atoms with Gasteiger partial charge in [0.05, 0.1) is 17.5 Å². The van der Waals surface area contributed by atoms with Crippen LogP contribution in [0.25, 0.3) is 0 Å². The molecule has 0 bridgehead atoms. The Bertz CT molecular complexity index is 676. The van der Waals surface area contributed by atoms with Crippen molar-refractivity contribution in [3.63, 3.8) is 0 Å². The van der Waals surface area contributed by atoms with Gasteiger partial charge in [-0.05, 0) is 39.5 Å². The molecule has 0 fully saturated rings. The smallest absolute Gasteiger partial charge is 0.216 e. The summed E-state index contributed by atoms with van der Waals surface area (Å²) < 4.78 is 54.4. The van der Waals surface area contributed by atoms with Crippen molar-refractivity contribution >= 4 is 20.0 Å². The van der Waals surface area contributed by atoms with Crippen molar-refractivity contribution in [1.82, 2.24) is 0 Å². The fraction of sp³-hybridized carbons (Fsp3) is 1.00. The zero-order valence-corrected chi connectivity index (χ0v) is 20.3. The van der Waals surface area contributed by atoms with Gasteiger partial charge in [0, 0.05) is 5.41 Å². The maximum absolute atomic E-state index is 12.4. The van der Waals surface area contributed by atoms with E-state index in [0.717, 1.165) is 12.8 Å². The molecular weight excluding hydrogens is 400 g/mol. The summed E-state index contributed by atoms with van der Waals surface area (Å²) in [6.07, 6.45) is 3.19. The monoisotopic (exact) mass is 442 g/mol. The molecule has 4 atom stereocenters. The zero-order chi connectivity index (χ0) is 22.4. The summed E-state index contributed by atoms with van der Waals surface area (Å²) in [5, 5.41) is 10.3. The average molecular weight is 443 g/mol. The highest BCUT2D eigenvalue weighted by atomic mass is 32.2. The Balaban J connectivity index is 6.25. The Labute approximate surface area is 173 Å². The number of hydrogen-bond donors (Lipinski definition) is 2. The quantitative estimate of drug-likeness (QED) is 0.426. The van der Waals surface area contributed by atoms with Gasteiger partial charge in [0.1, 0.15) is 4.75 Å². The Morgan fingerprint density at radius 3 is 1.54 bits per heavy atom. The summed E-state index contributed by atoms with van der Waals surface area (Å²) in [4.78, 5) is 0. The topological polar surface area (TPSA) is 130 Å². The molecule has 0 saturated carbocycles. The van der Waals surface area contributed by atoms with E-state index in [-0.39, 0.29) is 0 Å². The van der Waals surface area contributed by atoms with E-state index in [1.807, 2.05) is 34.6 Å². The van der Waals surface area contributed by atoms with Gasteiger partial charge in [-0.25, -0.2) is 27.1 Å². The standard InChI is InChI=1S/C19H42N2O5S2/c1-8-12-15(18(5,6)28(21,24)25)26-16(13-9-2)19(7,11-4)17(14-10-3)27(20,22)23/h15-17H,8-14H2,1-7H3,(H2,20,22,23)(H2,21,24,25). The SMILES string of the molecule is CCCC(OC(CCC)C(C)(C)S(N)(=O)=O)C(C)(CC)C(CCC)S(N)(=O)=O. The first-order valence-corrected chi connectivity index (χ1v) is 13.5. The summed E-state index contributed by atoms with van der Waals surface area (Å²) in [6.45, 7) is 12.8. The fourth-order valence-electron chi connectivity index (χ4n) is 3.83. The highest BCUT2D eigenvalue weighted by Crippen LogP contribution is 2.42. The van der Waals surface area contributed by atoms with Crippen LogP contribution < -0.4 is 10.3 Å². The van der Waals surface area contributed by atoms with Crippen LogP contribution in [0.3, 0.4) is 0 Å². The molecule has 0 aliphatic rings. The van der Waals surface area contributed by atoms with Crippen LogP contribution in [0.5, 0.6) is 0 Å². The minimum absolute atomic E-state index is 0.434. The van der Waals surface area contributed by atoms with E-state index in [1.165, 1.54) is 0 Å². The molecule has 7 nitrogen and oxygen atoms in total. The molecule has 0 rings (SSSR count). The van der Waals surface area contributed by atoms with Gasteiger partial charge in [-0.3, -0.25) is 0 Å². The van der Waals surface area contributed by atoms with E-state index in [2.05, 4.69) is 0 Å². The maximum atomic E-state index is 12.4. The molecule has 170 valence electrons. The summed E-state index contributed by atoms with van der Waals surface area (Å²) in [5.41, 5.74) is -0.736. The molecule has 4 N–H and O–H groups in total. The molecule has 28 heavy (non-hydrogen) atoms. The summed E-state index contributed by atoms with van der Waals surface area (Å²) in [7, 11) is -7.66. The summed E-state index contributed by atoms with van der Waals surface area (Å²) >= 11 is 0. The molecule has 0 amide bonds. The van der Waals surface area contributed by atoms with Crippen molar-refractivity contribution in [3.8, 4) is 0 Å². The van der Waals surface area contributed by atoms with E-state index in [1.54, 1.807) is 13.8 Å². The van der Waals surface area contributed by atoms with Crippen LogP contribution in [-0.4, -0.2) is 39.0 Å². The molecule has 9 heteroatoms. The first-order valence-electron chi connectivity index (χ1n) is 10.3. The highest BCUT2D eigenvalue weighted by Gasteiger charge is 2.49. The summed E-state index contributed by atoms with van der Waals surface area (Å²) in [5.74, 6) is 0. The summed E-state index contributed by atoms with van der Waals surface area (Å²) in [6, 6.07) is 0. The second-order valence-corrected chi connectivity index (χ2v) is 12.5. The van der Waals surface area contributed by atoms with Crippen LogP contribution in [0.2, 0.25) is 0 Å². The van der Waals surface area contributed by atoms with Crippen LogP contribution in [0.4, 0.5) is 0 Å². The van der Waals surface area contributed by atoms with E-state index in [0.29, 0.717) is 32.1 Å². The van der Waals surface area contributed by atoms with Gasteiger partial charge < -0.3 is 4.74 Å². The van der Waals surface area contributed by atoms with Crippen LogP contribution in [0.1, 0.15) is 93.4 Å². The Morgan fingerprint density at radius 2 is 1.21 bits per heavy atom. The van der Waals surface area contributed by atoms with Gasteiger partial charge in [0.2, 0.25) is 20.0 Å². The Hall–Kier alpha value is -0.220. The molecule has 0 radical (unpaired) electrons. The Morgan fingerprint density at radius 1 is 0.786 bits per heavy atom. The zero-order valence-electron chi connectivity index (χ0n) is 18.7. The third-order valence-corrected chi connectivity index (χ3v) is 9.42. The van der Waals surface area contributed by atoms with Gasteiger partial charge in [0.15, 0.2) is 0 Å². The average Bonchev–Trinajstić information content (AvgIpc) is 2.55. The minimum atomic E-state index is -3.86. The number of ether oxygens (including phenoxy) is 1. The molecule has 0 spiro atoms. The van der Waals surface area contributed by atoms with E-state index < -0.39 is 47.7 Å². The maximum Gasteiger partial charge on any atom is 0.216 e. The van der Waals surface area contributed by atoms with Gasteiger partial charge in [-0.1, -0.05) is 53.9 Å². The Kier molecular flexibility index (Phi) is 10.6. The van der Waals surface area contributed by atoms with Gasteiger partial charge in [0.25, 0.3) is 0 Å². The van der Waals surface area contributed by atoms with Crippen molar-refractivity contribution in [1.29, 1.82) is 0 Å². The lowest BCUT2D eigenvalue weighted by Gasteiger charge is -2.45. The third kappa shape index (κ3) is 6.65. The largest absolute Gasteiger partial charge is 0.373 e. The van der Waals surface area contributed by atoms with E-state index in [9.17, 15) is 16.8 Å². The second-order valence-electron chi connectivity index (χ2n) is 8.56. The fourth-order valence-corrected chi connectivity index (χ4v) is 6.01. The van der Waals surface area contributed by atoms with Crippen molar-refractivity contribution in [2.75, 3.05) is 0 Å². The van der Waals surface area contributed by atoms with Gasteiger partial charge in [-0.2, -0.15) is 0 Å². The van der Waals surface area contributed by atoms with E-state index in [4.69, 9.17) is 15.0 Å². The number of sulfonamides is 2. The normalized spacial score (nSPS) is 19.0. The lowest BCUT2D eigenvalue weighted by atomic mass is 9.74. The molecule has 0 saturated heterocycles. The number of hydrogen-bond acceptors (Lipinski definition) is 5. The van der Waals surface area contributed by atoms with Gasteiger partial charge >= 0.3 is 0 Å². The first-order chi connectivity index (χ1) is 12.6. The van der Waals surface area contributed by atoms with Gasteiger partial charge in [-0.15, -0.1) is 0 Å². The second kappa shape index (κ2) is 10.7. The predicted molar refractivity (Wildman–Crippen MR) is 116 cm³/mol. The highest BCUT2D eigenvalue weighted by molar-refractivity contribution is 7.90. The molecule has 0 heterocycles. The number of primary sulfonamides is 2. The van der Waals surface area contributed by atoms with Crippen molar-refractivity contribution < 1.29 is 21.6 Å². The first kappa shape index (κ1) is 27.8.